The predicted molar refractivity (Wildman–Crippen MR) is 79.5 cm³/mol. The average Bonchev–Trinajstić information content (AvgIpc) is 2.42. The molecule has 1 aromatic carbocycles. The van der Waals surface area contributed by atoms with Crippen LogP contribution in [-0.2, 0) is 9.59 Å². The summed E-state index contributed by atoms with van der Waals surface area (Å²) in [7, 11) is 0. The second-order valence-electron chi connectivity index (χ2n) is 3.95. The van der Waals surface area contributed by atoms with Crippen LogP contribution in [0.3, 0.4) is 0 Å². The Kier molecular flexibility index (Phi) is 6.89. The summed E-state index contributed by atoms with van der Waals surface area (Å²) in [6, 6.07) is 7.58. The lowest BCUT2D eigenvalue weighted by molar-refractivity contribution is -0.123. The van der Waals surface area contributed by atoms with Crippen molar-refractivity contribution in [3.05, 3.63) is 40.4 Å². The number of carbonyl (C=O) groups is 2. The van der Waals surface area contributed by atoms with Crippen molar-refractivity contribution in [1.29, 1.82) is 0 Å². The molecule has 102 valence electrons. The minimum absolute atomic E-state index is 0.00348. The SMILES string of the molecule is CCCNC(=O)CNC(=O)/C=C/c1ccc(Br)cc1. The average molecular weight is 325 g/mol. The number of hydrogen-bond acceptors (Lipinski definition) is 2. The monoisotopic (exact) mass is 324 g/mol. The van der Waals surface area contributed by atoms with Gasteiger partial charge in [-0.3, -0.25) is 9.59 Å². The number of rotatable bonds is 6. The normalized spacial score (nSPS) is 10.4. The molecule has 0 saturated heterocycles. The molecule has 19 heavy (non-hydrogen) atoms. The van der Waals surface area contributed by atoms with Gasteiger partial charge in [-0.1, -0.05) is 35.0 Å². The molecule has 0 atom stereocenters. The van der Waals surface area contributed by atoms with Gasteiger partial charge in [-0.15, -0.1) is 0 Å². The van der Waals surface area contributed by atoms with E-state index in [1.54, 1.807) is 6.08 Å². The summed E-state index contributed by atoms with van der Waals surface area (Å²) in [4.78, 5) is 22.7. The number of hydrogen-bond donors (Lipinski definition) is 2. The lowest BCUT2D eigenvalue weighted by atomic mass is 10.2. The Balaban J connectivity index is 2.34. The van der Waals surface area contributed by atoms with E-state index in [2.05, 4.69) is 26.6 Å². The zero-order valence-electron chi connectivity index (χ0n) is 10.8. The van der Waals surface area contributed by atoms with Gasteiger partial charge in [0.1, 0.15) is 0 Å². The van der Waals surface area contributed by atoms with Gasteiger partial charge < -0.3 is 10.6 Å². The van der Waals surface area contributed by atoms with Gasteiger partial charge in [0.2, 0.25) is 11.8 Å². The van der Waals surface area contributed by atoms with Gasteiger partial charge in [-0.2, -0.15) is 0 Å². The smallest absolute Gasteiger partial charge is 0.244 e. The highest BCUT2D eigenvalue weighted by Crippen LogP contribution is 2.11. The van der Waals surface area contributed by atoms with Gasteiger partial charge in [-0.25, -0.2) is 0 Å². The van der Waals surface area contributed by atoms with Gasteiger partial charge in [0, 0.05) is 17.1 Å². The zero-order chi connectivity index (χ0) is 14.1. The first kappa shape index (κ1) is 15.4. The van der Waals surface area contributed by atoms with Crippen LogP contribution in [0.15, 0.2) is 34.8 Å². The van der Waals surface area contributed by atoms with E-state index in [1.807, 2.05) is 31.2 Å². The summed E-state index contributed by atoms with van der Waals surface area (Å²) in [6.07, 6.45) is 3.99. The van der Waals surface area contributed by atoms with Crippen LogP contribution in [0.25, 0.3) is 6.08 Å². The maximum absolute atomic E-state index is 11.5. The van der Waals surface area contributed by atoms with Crippen molar-refractivity contribution in [3.8, 4) is 0 Å². The second kappa shape index (κ2) is 8.48. The lowest BCUT2D eigenvalue weighted by Crippen LogP contribution is -2.36. The van der Waals surface area contributed by atoms with Crippen LogP contribution < -0.4 is 10.6 Å². The van der Waals surface area contributed by atoms with E-state index in [-0.39, 0.29) is 18.4 Å². The highest BCUT2D eigenvalue weighted by molar-refractivity contribution is 9.10. The third-order valence-electron chi connectivity index (χ3n) is 2.29. The third-order valence-corrected chi connectivity index (χ3v) is 2.82. The molecule has 1 rings (SSSR count). The fourth-order valence-corrected chi connectivity index (χ4v) is 1.56. The van der Waals surface area contributed by atoms with E-state index in [4.69, 9.17) is 0 Å². The summed E-state index contributed by atoms with van der Waals surface area (Å²) in [5.74, 6) is -0.457. The maximum atomic E-state index is 11.5. The highest BCUT2D eigenvalue weighted by atomic mass is 79.9. The van der Waals surface area contributed by atoms with Crippen LogP contribution in [0.2, 0.25) is 0 Å². The first-order chi connectivity index (χ1) is 9.11. The molecule has 5 heteroatoms. The summed E-state index contributed by atoms with van der Waals surface area (Å²) in [5, 5.41) is 5.21. The first-order valence-electron chi connectivity index (χ1n) is 6.10. The Labute approximate surface area is 121 Å². The van der Waals surface area contributed by atoms with Gasteiger partial charge in [0.05, 0.1) is 6.54 Å². The molecule has 1 aromatic rings. The minimum atomic E-state index is -0.283. The van der Waals surface area contributed by atoms with Crippen molar-refractivity contribution in [3.63, 3.8) is 0 Å². The second-order valence-corrected chi connectivity index (χ2v) is 4.87. The Hall–Kier alpha value is -1.62. The fraction of sp³-hybridized carbons (Fsp3) is 0.286. The van der Waals surface area contributed by atoms with Gasteiger partial charge in [-0.05, 0) is 30.2 Å². The van der Waals surface area contributed by atoms with Crippen LogP contribution in [0.4, 0.5) is 0 Å². The molecule has 0 aromatic heterocycles. The zero-order valence-corrected chi connectivity index (χ0v) is 12.4. The Bertz CT molecular complexity index is 455. The Morgan fingerprint density at radius 3 is 2.53 bits per heavy atom. The van der Waals surface area contributed by atoms with Crippen LogP contribution in [0, 0.1) is 0 Å². The molecule has 2 N–H and O–H groups in total. The molecule has 4 nitrogen and oxygen atoms in total. The number of amides is 2. The van der Waals surface area contributed by atoms with Crippen molar-refractivity contribution < 1.29 is 9.59 Å². The van der Waals surface area contributed by atoms with Crippen molar-refractivity contribution in [2.75, 3.05) is 13.1 Å². The van der Waals surface area contributed by atoms with Gasteiger partial charge >= 0.3 is 0 Å². The Morgan fingerprint density at radius 1 is 1.21 bits per heavy atom. The van der Waals surface area contributed by atoms with Crippen molar-refractivity contribution in [1.82, 2.24) is 10.6 Å². The molecule has 0 radical (unpaired) electrons. The highest BCUT2D eigenvalue weighted by Gasteiger charge is 2.01. The fourth-order valence-electron chi connectivity index (χ4n) is 1.30. The van der Waals surface area contributed by atoms with E-state index in [0.29, 0.717) is 6.54 Å². The maximum Gasteiger partial charge on any atom is 0.244 e. The van der Waals surface area contributed by atoms with Crippen LogP contribution in [-0.4, -0.2) is 24.9 Å². The number of carbonyl (C=O) groups excluding carboxylic acids is 2. The largest absolute Gasteiger partial charge is 0.355 e. The van der Waals surface area contributed by atoms with E-state index >= 15 is 0 Å². The summed E-state index contributed by atoms with van der Waals surface area (Å²) in [5.41, 5.74) is 0.925. The summed E-state index contributed by atoms with van der Waals surface area (Å²) < 4.78 is 0.988. The predicted octanol–water partition coefficient (Wildman–Crippen LogP) is 2.10. The molecule has 0 heterocycles. The topological polar surface area (TPSA) is 58.2 Å². The van der Waals surface area contributed by atoms with Crippen LogP contribution in [0.1, 0.15) is 18.9 Å². The lowest BCUT2D eigenvalue weighted by Gasteiger charge is -2.03. The standard InChI is InChI=1S/C14H17BrN2O2/c1-2-9-16-14(19)10-17-13(18)8-5-11-3-6-12(15)7-4-11/h3-8H,2,9-10H2,1H3,(H,16,19)(H,17,18)/b8-5+. The van der Waals surface area contributed by atoms with Gasteiger partial charge in [0.15, 0.2) is 0 Å². The molecule has 0 aliphatic carbocycles. The van der Waals surface area contributed by atoms with E-state index in [1.165, 1.54) is 6.08 Å². The van der Waals surface area contributed by atoms with Crippen molar-refractivity contribution >= 4 is 33.8 Å². The number of halogens is 1. The number of nitrogens with one attached hydrogen (secondary N) is 2. The molecule has 0 bridgehead atoms. The Morgan fingerprint density at radius 2 is 1.89 bits per heavy atom. The van der Waals surface area contributed by atoms with Crippen LogP contribution >= 0.6 is 15.9 Å². The van der Waals surface area contributed by atoms with E-state index in [0.717, 1.165) is 16.5 Å². The van der Waals surface area contributed by atoms with E-state index in [9.17, 15) is 9.59 Å². The molecule has 0 spiro atoms. The van der Waals surface area contributed by atoms with Gasteiger partial charge in [0.25, 0.3) is 0 Å². The summed E-state index contributed by atoms with van der Waals surface area (Å²) >= 11 is 3.34. The minimum Gasteiger partial charge on any atom is -0.355 e. The van der Waals surface area contributed by atoms with Crippen molar-refractivity contribution in [2.24, 2.45) is 0 Å². The van der Waals surface area contributed by atoms with E-state index < -0.39 is 0 Å². The quantitative estimate of drug-likeness (QED) is 0.787. The molecule has 0 aliphatic rings. The summed E-state index contributed by atoms with van der Waals surface area (Å²) in [6.45, 7) is 2.60. The molecule has 0 aliphatic heterocycles. The molecule has 0 fully saturated rings. The number of benzene rings is 1. The molecular formula is C14H17BrN2O2. The molecule has 0 unspecified atom stereocenters. The first-order valence-corrected chi connectivity index (χ1v) is 6.89. The van der Waals surface area contributed by atoms with Crippen molar-refractivity contribution in [2.45, 2.75) is 13.3 Å². The molecule has 2 amide bonds. The third kappa shape index (κ3) is 6.76. The van der Waals surface area contributed by atoms with Crippen LogP contribution in [0.5, 0.6) is 0 Å². The molecule has 0 saturated carbocycles. The molecular weight excluding hydrogens is 308 g/mol.